The minimum absolute atomic E-state index is 0.0217. The van der Waals surface area contributed by atoms with Crippen LogP contribution in [0.25, 0.3) is 0 Å². The summed E-state index contributed by atoms with van der Waals surface area (Å²) in [5, 5.41) is 0. The van der Waals surface area contributed by atoms with Crippen LogP contribution in [-0.4, -0.2) is 45.7 Å². The summed E-state index contributed by atoms with van der Waals surface area (Å²) in [6, 6.07) is 3.63. The van der Waals surface area contributed by atoms with Gasteiger partial charge in [-0.1, -0.05) is 0 Å². The number of morpholine rings is 1. The third kappa shape index (κ3) is 2.33. The van der Waals surface area contributed by atoms with Gasteiger partial charge in [-0.2, -0.15) is 0 Å². The number of furan rings is 1. The third-order valence-corrected chi connectivity index (χ3v) is 4.72. The highest BCUT2D eigenvalue weighted by Crippen LogP contribution is 2.36. The summed E-state index contributed by atoms with van der Waals surface area (Å²) in [6.45, 7) is 2.12. The van der Waals surface area contributed by atoms with Crippen LogP contribution < -0.4 is 0 Å². The Hall–Kier alpha value is -2.08. The van der Waals surface area contributed by atoms with E-state index in [1.165, 1.54) is 0 Å². The third-order valence-electron chi connectivity index (χ3n) is 4.72. The summed E-state index contributed by atoms with van der Waals surface area (Å²) in [4.78, 5) is 18.6. The molecule has 2 aliphatic rings. The van der Waals surface area contributed by atoms with Crippen molar-refractivity contribution in [2.45, 2.75) is 31.5 Å². The van der Waals surface area contributed by atoms with Gasteiger partial charge in [-0.3, -0.25) is 4.79 Å². The van der Waals surface area contributed by atoms with Crippen LogP contribution in [0.1, 0.15) is 23.4 Å². The van der Waals surface area contributed by atoms with Crippen LogP contribution in [0.4, 0.5) is 0 Å². The Morgan fingerprint density at radius 2 is 2.36 bits per heavy atom. The smallest absolute Gasteiger partial charge is 0.289 e. The molecule has 6 heteroatoms. The Bertz CT molecular complexity index is 623. The summed E-state index contributed by atoms with van der Waals surface area (Å²) in [5.74, 6) is 0.816. The van der Waals surface area contributed by atoms with Crippen LogP contribution in [0.2, 0.25) is 0 Å². The van der Waals surface area contributed by atoms with Gasteiger partial charge in [-0.05, 0) is 25.0 Å². The second kappa shape index (κ2) is 5.61. The van der Waals surface area contributed by atoms with Gasteiger partial charge >= 0.3 is 0 Å². The first-order valence-corrected chi connectivity index (χ1v) is 7.75. The van der Waals surface area contributed by atoms with Crippen molar-refractivity contribution in [2.24, 2.45) is 5.92 Å². The van der Waals surface area contributed by atoms with E-state index in [9.17, 15) is 4.79 Å². The van der Waals surface area contributed by atoms with Crippen molar-refractivity contribution < 1.29 is 13.9 Å². The largest absolute Gasteiger partial charge is 0.459 e. The van der Waals surface area contributed by atoms with Crippen LogP contribution >= 0.6 is 0 Å². The van der Waals surface area contributed by atoms with Crippen LogP contribution in [0.3, 0.4) is 0 Å². The van der Waals surface area contributed by atoms with Gasteiger partial charge in [0.15, 0.2) is 5.76 Å². The average Bonchev–Trinajstić information content (AvgIpc) is 3.29. The number of ether oxygens (including phenoxy) is 1. The molecule has 1 aliphatic heterocycles. The molecule has 4 rings (SSSR count). The molecule has 0 bridgehead atoms. The molecule has 1 saturated carbocycles. The van der Waals surface area contributed by atoms with E-state index in [1.807, 2.05) is 17.4 Å². The molecule has 1 aliphatic carbocycles. The quantitative estimate of drug-likeness (QED) is 0.867. The first-order valence-electron chi connectivity index (χ1n) is 7.75. The summed E-state index contributed by atoms with van der Waals surface area (Å²) in [5.41, 5.74) is 0. The highest BCUT2D eigenvalue weighted by Gasteiger charge is 2.44. The molecule has 22 heavy (non-hydrogen) atoms. The van der Waals surface area contributed by atoms with Gasteiger partial charge in [0.25, 0.3) is 5.91 Å². The van der Waals surface area contributed by atoms with Gasteiger partial charge in [0.1, 0.15) is 0 Å². The molecule has 0 N–H and O–H groups in total. The maximum Gasteiger partial charge on any atom is 0.289 e. The second-order valence-electron chi connectivity index (χ2n) is 5.98. The van der Waals surface area contributed by atoms with E-state index in [1.54, 1.807) is 24.6 Å². The standard InChI is InChI=1S/C16H19N3O3/c20-16(14-2-1-8-21-14)19-7-9-22-15-12(3-4-13(15)19)10-18-6-5-17-11-18/h1-2,5-6,8,11-13,15H,3-4,7,9-10H2/t12-,13+,15-/m1/s1. The van der Waals surface area contributed by atoms with Crippen molar-refractivity contribution in [3.63, 3.8) is 0 Å². The number of amides is 1. The Morgan fingerprint density at radius 3 is 3.14 bits per heavy atom. The minimum atomic E-state index is -0.0217. The SMILES string of the molecule is O=C(c1ccco1)N1CCO[C@@H]2[C@@H](Cn3ccnc3)CC[C@@H]21. The molecular formula is C16H19N3O3. The van der Waals surface area contributed by atoms with Crippen molar-refractivity contribution in [3.8, 4) is 0 Å². The molecule has 3 heterocycles. The Labute approximate surface area is 128 Å². The molecule has 0 spiro atoms. The Morgan fingerprint density at radius 1 is 1.41 bits per heavy atom. The zero-order valence-corrected chi connectivity index (χ0v) is 12.3. The summed E-state index contributed by atoms with van der Waals surface area (Å²) in [7, 11) is 0. The lowest BCUT2D eigenvalue weighted by Gasteiger charge is -2.39. The van der Waals surface area contributed by atoms with Gasteiger partial charge in [0.05, 0.1) is 31.3 Å². The van der Waals surface area contributed by atoms with Crippen molar-refractivity contribution >= 4 is 5.91 Å². The predicted molar refractivity (Wildman–Crippen MR) is 78.2 cm³/mol. The summed E-state index contributed by atoms with van der Waals surface area (Å²) < 4.78 is 13.4. The highest BCUT2D eigenvalue weighted by atomic mass is 16.5. The number of imidazole rings is 1. The number of rotatable bonds is 3. The molecule has 2 aromatic rings. The second-order valence-corrected chi connectivity index (χ2v) is 5.98. The molecule has 0 unspecified atom stereocenters. The fourth-order valence-electron chi connectivity index (χ4n) is 3.72. The van der Waals surface area contributed by atoms with Crippen molar-refractivity contribution in [3.05, 3.63) is 42.9 Å². The molecule has 1 amide bonds. The summed E-state index contributed by atoms with van der Waals surface area (Å²) in [6.07, 6.45) is 9.30. The van der Waals surface area contributed by atoms with Crippen LogP contribution in [-0.2, 0) is 11.3 Å². The number of fused-ring (bicyclic) bond motifs is 1. The topological polar surface area (TPSA) is 60.5 Å². The Kier molecular flexibility index (Phi) is 3.46. The fourth-order valence-corrected chi connectivity index (χ4v) is 3.72. The number of hydrogen-bond acceptors (Lipinski definition) is 4. The van der Waals surface area contributed by atoms with Gasteiger partial charge in [0.2, 0.25) is 0 Å². The molecule has 6 nitrogen and oxygen atoms in total. The van der Waals surface area contributed by atoms with E-state index in [2.05, 4.69) is 9.55 Å². The molecule has 0 aromatic carbocycles. The highest BCUT2D eigenvalue weighted by molar-refractivity contribution is 5.91. The van der Waals surface area contributed by atoms with Crippen molar-refractivity contribution in [1.29, 1.82) is 0 Å². The maximum atomic E-state index is 12.6. The number of nitrogens with zero attached hydrogens (tertiary/aromatic N) is 3. The molecule has 3 atom stereocenters. The lowest BCUT2D eigenvalue weighted by Crippen LogP contribution is -2.52. The summed E-state index contributed by atoms with van der Waals surface area (Å²) >= 11 is 0. The van der Waals surface area contributed by atoms with E-state index >= 15 is 0 Å². The van der Waals surface area contributed by atoms with Gasteiger partial charge in [-0.25, -0.2) is 4.98 Å². The average molecular weight is 301 g/mol. The van der Waals surface area contributed by atoms with Crippen LogP contribution in [0, 0.1) is 5.92 Å². The van der Waals surface area contributed by atoms with Crippen molar-refractivity contribution in [1.82, 2.24) is 14.5 Å². The number of hydrogen-bond donors (Lipinski definition) is 0. The van der Waals surface area contributed by atoms with E-state index in [0.29, 0.717) is 24.8 Å². The maximum absolute atomic E-state index is 12.6. The molecule has 0 radical (unpaired) electrons. The monoisotopic (exact) mass is 301 g/mol. The van der Waals surface area contributed by atoms with Crippen molar-refractivity contribution in [2.75, 3.05) is 13.2 Å². The molecule has 2 aromatic heterocycles. The van der Waals surface area contributed by atoms with E-state index in [0.717, 1.165) is 19.4 Å². The number of carbonyl (C=O) groups excluding carboxylic acids is 1. The Balaban J connectivity index is 1.50. The first-order chi connectivity index (χ1) is 10.8. The predicted octanol–water partition coefficient (Wildman–Crippen LogP) is 1.80. The fraction of sp³-hybridized carbons (Fsp3) is 0.500. The van der Waals surface area contributed by atoms with Gasteiger partial charge in [0, 0.05) is 31.4 Å². The van der Waals surface area contributed by atoms with Gasteiger partial charge < -0.3 is 18.6 Å². The number of carbonyl (C=O) groups is 1. The lowest BCUT2D eigenvalue weighted by atomic mass is 10.0. The number of aromatic nitrogens is 2. The van der Waals surface area contributed by atoms with Crippen LogP contribution in [0.15, 0.2) is 41.5 Å². The minimum Gasteiger partial charge on any atom is -0.459 e. The van der Waals surface area contributed by atoms with Gasteiger partial charge in [-0.15, -0.1) is 0 Å². The lowest BCUT2D eigenvalue weighted by molar-refractivity contribution is -0.0651. The molecule has 1 saturated heterocycles. The normalized spacial score (nSPS) is 27.8. The first kappa shape index (κ1) is 13.6. The van der Waals surface area contributed by atoms with E-state index in [-0.39, 0.29) is 18.1 Å². The molecule has 2 fully saturated rings. The zero-order chi connectivity index (χ0) is 14.9. The van der Waals surface area contributed by atoms with E-state index in [4.69, 9.17) is 9.15 Å². The zero-order valence-electron chi connectivity index (χ0n) is 12.3. The van der Waals surface area contributed by atoms with Crippen LogP contribution in [0.5, 0.6) is 0 Å². The molecule has 116 valence electrons. The van der Waals surface area contributed by atoms with E-state index < -0.39 is 0 Å². The molecular weight excluding hydrogens is 282 g/mol.